The fraction of sp³-hybridized carbons (Fsp3) is 0.208. The van der Waals surface area contributed by atoms with Gasteiger partial charge in [0.2, 0.25) is 5.91 Å². The molecule has 0 fully saturated rings. The van der Waals surface area contributed by atoms with Gasteiger partial charge >= 0.3 is 0 Å². The number of nitrogens with zero attached hydrogens (tertiary/aromatic N) is 4. The second-order valence-electron chi connectivity index (χ2n) is 7.65. The normalized spacial score (nSPS) is 11.8. The van der Waals surface area contributed by atoms with Crippen LogP contribution >= 0.6 is 11.8 Å². The summed E-state index contributed by atoms with van der Waals surface area (Å²) in [7, 11) is 0. The van der Waals surface area contributed by atoms with Crippen molar-refractivity contribution in [2.45, 2.75) is 32.0 Å². The van der Waals surface area contributed by atoms with Gasteiger partial charge in [-0.3, -0.25) is 14.0 Å². The van der Waals surface area contributed by atoms with Crippen molar-refractivity contribution in [1.29, 1.82) is 0 Å². The molecule has 0 saturated heterocycles. The SMILES string of the molecule is Cc1cc(C)n2c(SCC(=O)Nc3ccccc3C(=O)NC(C)c3ccccc3)nnc2n1. The molecule has 0 aliphatic carbocycles. The van der Waals surface area contributed by atoms with Crippen molar-refractivity contribution in [3.8, 4) is 0 Å². The van der Waals surface area contributed by atoms with Crippen LogP contribution in [0.5, 0.6) is 0 Å². The molecule has 1 unspecified atom stereocenters. The number of aromatic nitrogens is 4. The first kappa shape index (κ1) is 22.5. The molecular weight excluding hydrogens is 436 g/mol. The average Bonchev–Trinajstić information content (AvgIpc) is 3.21. The van der Waals surface area contributed by atoms with Gasteiger partial charge < -0.3 is 10.6 Å². The van der Waals surface area contributed by atoms with Crippen molar-refractivity contribution >= 4 is 35.0 Å². The fourth-order valence-corrected chi connectivity index (χ4v) is 4.29. The number of rotatable bonds is 7. The Morgan fingerprint density at radius 2 is 1.76 bits per heavy atom. The molecule has 0 aliphatic heterocycles. The van der Waals surface area contributed by atoms with E-state index in [9.17, 15) is 9.59 Å². The van der Waals surface area contributed by atoms with Gasteiger partial charge in [0.1, 0.15) is 0 Å². The molecule has 0 saturated carbocycles. The monoisotopic (exact) mass is 460 g/mol. The molecule has 4 rings (SSSR count). The van der Waals surface area contributed by atoms with E-state index in [0.29, 0.717) is 22.2 Å². The maximum Gasteiger partial charge on any atom is 0.256 e. The van der Waals surface area contributed by atoms with Gasteiger partial charge in [-0.1, -0.05) is 54.2 Å². The predicted molar refractivity (Wildman–Crippen MR) is 128 cm³/mol. The number of hydrogen-bond acceptors (Lipinski definition) is 6. The van der Waals surface area contributed by atoms with Crippen molar-refractivity contribution < 1.29 is 9.59 Å². The van der Waals surface area contributed by atoms with Crippen LogP contribution < -0.4 is 10.6 Å². The van der Waals surface area contributed by atoms with Crippen LogP contribution in [-0.4, -0.2) is 37.1 Å². The molecule has 8 nitrogen and oxygen atoms in total. The third-order valence-electron chi connectivity index (χ3n) is 5.09. The molecule has 2 aromatic carbocycles. The number of amides is 2. The van der Waals surface area contributed by atoms with E-state index in [4.69, 9.17) is 0 Å². The Hall–Kier alpha value is -3.72. The second kappa shape index (κ2) is 9.83. The van der Waals surface area contributed by atoms with Gasteiger partial charge in [0.15, 0.2) is 5.16 Å². The molecule has 2 N–H and O–H groups in total. The maximum absolute atomic E-state index is 12.9. The number of hydrogen-bond donors (Lipinski definition) is 2. The third-order valence-corrected chi connectivity index (χ3v) is 6.02. The number of carbonyl (C=O) groups is 2. The van der Waals surface area contributed by atoms with Gasteiger partial charge in [-0.05, 0) is 44.5 Å². The Kier molecular flexibility index (Phi) is 6.69. The number of nitrogens with one attached hydrogen (secondary N) is 2. The number of para-hydroxylation sites is 1. The quantitative estimate of drug-likeness (QED) is 0.405. The molecule has 4 aromatic rings. The molecule has 2 amide bonds. The molecule has 0 aliphatic rings. The maximum atomic E-state index is 12.9. The summed E-state index contributed by atoms with van der Waals surface area (Å²) in [5, 5.41) is 14.7. The van der Waals surface area contributed by atoms with Crippen molar-refractivity contribution in [2.75, 3.05) is 11.1 Å². The van der Waals surface area contributed by atoms with Gasteiger partial charge in [0, 0.05) is 11.4 Å². The molecule has 1 atom stereocenters. The van der Waals surface area contributed by atoms with Crippen LogP contribution in [0.1, 0.15) is 40.3 Å². The molecule has 2 heterocycles. The highest BCUT2D eigenvalue weighted by Crippen LogP contribution is 2.21. The molecule has 2 aromatic heterocycles. The Bertz CT molecular complexity index is 1310. The van der Waals surface area contributed by atoms with Crippen molar-refractivity contribution in [1.82, 2.24) is 24.9 Å². The Morgan fingerprint density at radius 3 is 2.55 bits per heavy atom. The van der Waals surface area contributed by atoms with Gasteiger partial charge in [-0.15, -0.1) is 10.2 Å². The highest BCUT2D eigenvalue weighted by Gasteiger charge is 2.17. The third kappa shape index (κ3) is 5.20. The predicted octanol–water partition coefficient (Wildman–Crippen LogP) is 3.96. The van der Waals surface area contributed by atoms with E-state index < -0.39 is 0 Å². The smallest absolute Gasteiger partial charge is 0.256 e. The van der Waals surface area contributed by atoms with Crippen LogP contribution in [0.25, 0.3) is 5.78 Å². The molecular formula is C24H24N6O2S. The fourth-order valence-electron chi connectivity index (χ4n) is 3.50. The minimum atomic E-state index is -0.254. The van der Waals surface area contributed by atoms with Gasteiger partial charge in [0.25, 0.3) is 11.7 Å². The standard InChI is InChI=1S/C24H24N6O2S/c1-15-13-16(2)30-23(25-15)28-29-24(30)33-14-21(31)27-20-12-8-7-11-19(20)22(32)26-17(3)18-9-5-4-6-10-18/h4-13,17H,14H2,1-3H3,(H,26,32)(H,27,31). The molecule has 0 bridgehead atoms. The first-order chi connectivity index (χ1) is 15.9. The number of aryl methyl sites for hydroxylation is 2. The zero-order valence-corrected chi connectivity index (χ0v) is 19.4. The number of anilines is 1. The summed E-state index contributed by atoms with van der Waals surface area (Å²) in [6, 6.07) is 18.4. The van der Waals surface area contributed by atoms with Crippen LogP contribution in [0.3, 0.4) is 0 Å². The van der Waals surface area contributed by atoms with Gasteiger partial charge in [-0.25, -0.2) is 4.98 Å². The van der Waals surface area contributed by atoms with E-state index >= 15 is 0 Å². The Morgan fingerprint density at radius 1 is 1.03 bits per heavy atom. The summed E-state index contributed by atoms with van der Waals surface area (Å²) in [5.74, 6) is 0.121. The van der Waals surface area contributed by atoms with Crippen molar-refractivity contribution in [2.24, 2.45) is 0 Å². The van der Waals surface area contributed by atoms with Gasteiger partial charge in [-0.2, -0.15) is 0 Å². The molecule has 168 valence electrons. The van der Waals surface area contributed by atoms with E-state index in [-0.39, 0.29) is 23.6 Å². The minimum Gasteiger partial charge on any atom is -0.345 e. The highest BCUT2D eigenvalue weighted by atomic mass is 32.2. The van der Waals surface area contributed by atoms with Crippen LogP contribution in [0.4, 0.5) is 5.69 Å². The van der Waals surface area contributed by atoms with Crippen LogP contribution in [-0.2, 0) is 4.79 Å². The van der Waals surface area contributed by atoms with Crippen LogP contribution in [0.2, 0.25) is 0 Å². The van der Waals surface area contributed by atoms with E-state index in [2.05, 4.69) is 25.8 Å². The van der Waals surface area contributed by atoms with E-state index in [0.717, 1.165) is 17.0 Å². The van der Waals surface area contributed by atoms with Crippen molar-refractivity contribution in [3.05, 3.63) is 83.2 Å². The lowest BCUT2D eigenvalue weighted by atomic mass is 10.1. The minimum absolute atomic E-state index is 0.116. The number of benzene rings is 2. The molecule has 0 spiro atoms. The summed E-state index contributed by atoms with van der Waals surface area (Å²) in [6.45, 7) is 5.77. The summed E-state index contributed by atoms with van der Waals surface area (Å²) in [4.78, 5) is 29.9. The zero-order valence-electron chi connectivity index (χ0n) is 18.6. The highest BCUT2D eigenvalue weighted by molar-refractivity contribution is 7.99. The molecule has 9 heteroatoms. The molecule has 33 heavy (non-hydrogen) atoms. The summed E-state index contributed by atoms with van der Waals surface area (Å²) >= 11 is 1.26. The second-order valence-corrected chi connectivity index (χ2v) is 8.59. The lowest BCUT2D eigenvalue weighted by molar-refractivity contribution is -0.113. The lowest BCUT2D eigenvalue weighted by Gasteiger charge is -2.16. The number of fused-ring (bicyclic) bond motifs is 1. The zero-order chi connectivity index (χ0) is 23.4. The Labute approximate surface area is 195 Å². The van der Waals surface area contributed by atoms with Gasteiger partial charge in [0.05, 0.1) is 23.0 Å². The topological polar surface area (TPSA) is 101 Å². The first-order valence-electron chi connectivity index (χ1n) is 10.5. The summed E-state index contributed by atoms with van der Waals surface area (Å²) in [6.07, 6.45) is 0. The average molecular weight is 461 g/mol. The van der Waals surface area contributed by atoms with E-state index in [1.807, 2.05) is 61.6 Å². The van der Waals surface area contributed by atoms with Crippen molar-refractivity contribution in [3.63, 3.8) is 0 Å². The number of carbonyl (C=O) groups excluding carboxylic acids is 2. The summed E-state index contributed by atoms with van der Waals surface area (Å²) in [5.41, 5.74) is 3.67. The Balaban J connectivity index is 1.42. The largest absolute Gasteiger partial charge is 0.345 e. The van der Waals surface area contributed by atoms with Crippen LogP contribution in [0, 0.1) is 13.8 Å². The number of thioether (sulfide) groups is 1. The van der Waals surface area contributed by atoms with E-state index in [1.165, 1.54) is 11.8 Å². The lowest BCUT2D eigenvalue weighted by Crippen LogP contribution is -2.28. The first-order valence-corrected chi connectivity index (χ1v) is 11.5. The summed E-state index contributed by atoms with van der Waals surface area (Å²) < 4.78 is 1.82. The van der Waals surface area contributed by atoms with Crippen LogP contribution in [0.15, 0.2) is 65.8 Å². The van der Waals surface area contributed by atoms with E-state index in [1.54, 1.807) is 24.3 Å². The molecule has 0 radical (unpaired) electrons.